The van der Waals surface area contributed by atoms with Gasteiger partial charge in [-0.1, -0.05) is 15.9 Å². The highest BCUT2D eigenvalue weighted by molar-refractivity contribution is 9.10. The highest BCUT2D eigenvalue weighted by Gasteiger charge is 2.09. The van der Waals surface area contributed by atoms with E-state index in [0.717, 1.165) is 26.9 Å². The molecule has 0 N–H and O–H groups in total. The van der Waals surface area contributed by atoms with E-state index in [0.29, 0.717) is 0 Å². The average molecular weight is 288 g/mol. The van der Waals surface area contributed by atoms with Crippen LogP contribution in [0.1, 0.15) is 0 Å². The van der Waals surface area contributed by atoms with Crippen LogP contribution in [0.5, 0.6) is 0 Å². The number of benzene rings is 1. The highest BCUT2D eigenvalue weighted by atomic mass is 79.9. The zero-order valence-corrected chi connectivity index (χ0v) is 10.8. The average Bonchev–Trinajstić information content (AvgIpc) is 2.68. The third-order valence-electron chi connectivity index (χ3n) is 2.76. The van der Waals surface area contributed by atoms with Crippen LogP contribution in [-0.2, 0) is 7.05 Å². The molecule has 0 amide bonds. The van der Waals surface area contributed by atoms with Gasteiger partial charge in [-0.15, -0.1) is 0 Å². The first-order valence-corrected chi connectivity index (χ1v) is 6.07. The monoisotopic (exact) mass is 287 g/mol. The number of halogens is 1. The summed E-state index contributed by atoms with van der Waals surface area (Å²) in [6.07, 6.45) is 3.60. The third-order valence-corrected chi connectivity index (χ3v) is 3.26. The summed E-state index contributed by atoms with van der Waals surface area (Å²) in [5, 5.41) is 0. The van der Waals surface area contributed by atoms with Crippen molar-refractivity contribution in [2.45, 2.75) is 0 Å². The number of aryl methyl sites for hydroxylation is 1. The van der Waals surface area contributed by atoms with E-state index in [9.17, 15) is 0 Å². The van der Waals surface area contributed by atoms with Crippen LogP contribution >= 0.6 is 15.9 Å². The van der Waals surface area contributed by atoms with Gasteiger partial charge in [0.2, 0.25) is 0 Å². The second kappa shape index (κ2) is 3.96. The van der Waals surface area contributed by atoms with Crippen molar-refractivity contribution in [1.82, 2.24) is 14.5 Å². The van der Waals surface area contributed by atoms with Crippen molar-refractivity contribution in [3.63, 3.8) is 0 Å². The molecule has 0 radical (unpaired) electrons. The van der Waals surface area contributed by atoms with E-state index in [1.807, 2.05) is 37.5 Å². The Morgan fingerprint density at radius 2 is 2.12 bits per heavy atom. The van der Waals surface area contributed by atoms with Crippen molar-refractivity contribution in [2.75, 3.05) is 0 Å². The van der Waals surface area contributed by atoms with Crippen molar-refractivity contribution in [3.8, 4) is 11.4 Å². The van der Waals surface area contributed by atoms with Gasteiger partial charge < -0.3 is 4.57 Å². The molecule has 0 saturated carbocycles. The molecule has 3 aromatic rings. The van der Waals surface area contributed by atoms with Crippen LogP contribution < -0.4 is 0 Å². The van der Waals surface area contributed by atoms with Crippen molar-refractivity contribution < 1.29 is 0 Å². The molecule has 0 spiro atoms. The Morgan fingerprint density at radius 1 is 1.24 bits per heavy atom. The van der Waals surface area contributed by atoms with Gasteiger partial charge in [-0.3, -0.25) is 4.98 Å². The summed E-state index contributed by atoms with van der Waals surface area (Å²) in [6.45, 7) is 0. The minimum Gasteiger partial charge on any atom is -0.327 e. The number of hydrogen-bond donors (Lipinski definition) is 0. The predicted octanol–water partition coefficient (Wildman–Crippen LogP) is 3.40. The fraction of sp³-hybridized carbons (Fsp3) is 0.0769. The van der Waals surface area contributed by atoms with Crippen LogP contribution in [0, 0.1) is 0 Å². The summed E-state index contributed by atoms with van der Waals surface area (Å²) in [7, 11) is 2.02. The minimum atomic E-state index is 0.936. The lowest BCUT2D eigenvalue weighted by molar-refractivity contribution is 0.957. The van der Waals surface area contributed by atoms with Gasteiger partial charge in [0.1, 0.15) is 5.82 Å². The maximum Gasteiger partial charge on any atom is 0.142 e. The van der Waals surface area contributed by atoms with Gasteiger partial charge in [0.25, 0.3) is 0 Å². The normalized spacial score (nSPS) is 10.9. The van der Waals surface area contributed by atoms with Crippen LogP contribution in [-0.4, -0.2) is 14.5 Å². The van der Waals surface area contributed by atoms with E-state index in [2.05, 4.69) is 36.5 Å². The molecule has 1 aromatic carbocycles. The zero-order valence-electron chi connectivity index (χ0n) is 9.26. The molecule has 0 bridgehead atoms. The van der Waals surface area contributed by atoms with Crippen molar-refractivity contribution >= 4 is 27.0 Å². The van der Waals surface area contributed by atoms with E-state index in [-0.39, 0.29) is 0 Å². The molecule has 2 heterocycles. The number of aromatic nitrogens is 3. The lowest BCUT2D eigenvalue weighted by Gasteiger charge is -2.01. The van der Waals surface area contributed by atoms with Gasteiger partial charge in [-0.2, -0.15) is 0 Å². The highest BCUT2D eigenvalue weighted by Crippen LogP contribution is 2.25. The first kappa shape index (κ1) is 10.5. The van der Waals surface area contributed by atoms with Gasteiger partial charge in [0, 0.05) is 29.5 Å². The van der Waals surface area contributed by atoms with E-state index < -0.39 is 0 Å². The first-order valence-electron chi connectivity index (χ1n) is 5.28. The fourth-order valence-electron chi connectivity index (χ4n) is 1.92. The summed E-state index contributed by atoms with van der Waals surface area (Å²) in [5.74, 6) is 0.936. The second-order valence-corrected chi connectivity index (χ2v) is 4.78. The van der Waals surface area contributed by atoms with Crippen LogP contribution in [0.15, 0.2) is 47.2 Å². The topological polar surface area (TPSA) is 30.7 Å². The minimum absolute atomic E-state index is 0.936. The molecule has 0 fully saturated rings. The van der Waals surface area contributed by atoms with Crippen molar-refractivity contribution in [2.24, 2.45) is 7.05 Å². The number of pyridine rings is 1. The smallest absolute Gasteiger partial charge is 0.142 e. The molecule has 84 valence electrons. The van der Waals surface area contributed by atoms with Gasteiger partial charge in [-0.05, 0) is 30.3 Å². The Labute approximate surface area is 107 Å². The van der Waals surface area contributed by atoms with Crippen molar-refractivity contribution in [3.05, 3.63) is 47.2 Å². The molecule has 0 aliphatic carbocycles. The Bertz CT molecular complexity index is 674. The van der Waals surface area contributed by atoms with Crippen molar-refractivity contribution in [1.29, 1.82) is 0 Å². The molecule has 3 nitrogen and oxygen atoms in total. The lowest BCUT2D eigenvalue weighted by atomic mass is 10.3. The lowest BCUT2D eigenvalue weighted by Crippen LogP contribution is -1.92. The maximum absolute atomic E-state index is 4.63. The standard InChI is InChI=1S/C13H10BrN3/c1-17-12-7-10(14)4-5-11(12)16-13(17)9-3-2-6-15-8-9/h2-8H,1H3. The molecule has 2 aromatic heterocycles. The number of imidazole rings is 1. The molecule has 3 rings (SSSR count). The summed E-state index contributed by atoms with van der Waals surface area (Å²) >= 11 is 3.48. The Morgan fingerprint density at radius 3 is 2.88 bits per heavy atom. The van der Waals surface area contributed by atoms with Crippen LogP contribution in [0.25, 0.3) is 22.4 Å². The molecular formula is C13H10BrN3. The van der Waals surface area contributed by atoms with Gasteiger partial charge in [0.15, 0.2) is 0 Å². The molecule has 0 unspecified atom stereocenters. The number of nitrogens with zero attached hydrogens (tertiary/aromatic N) is 3. The maximum atomic E-state index is 4.63. The molecule has 17 heavy (non-hydrogen) atoms. The molecule has 4 heteroatoms. The fourth-order valence-corrected chi connectivity index (χ4v) is 2.27. The summed E-state index contributed by atoms with van der Waals surface area (Å²) in [5.41, 5.74) is 3.13. The largest absolute Gasteiger partial charge is 0.327 e. The van der Waals surface area contributed by atoms with E-state index in [4.69, 9.17) is 0 Å². The van der Waals surface area contributed by atoms with E-state index >= 15 is 0 Å². The van der Waals surface area contributed by atoms with Gasteiger partial charge in [0.05, 0.1) is 11.0 Å². The molecule has 0 aliphatic rings. The molecular weight excluding hydrogens is 278 g/mol. The van der Waals surface area contributed by atoms with Crippen LogP contribution in [0.4, 0.5) is 0 Å². The SMILES string of the molecule is Cn1c(-c2cccnc2)nc2ccc(Br)cc21. The molecule has 0 aliphatic heterocycles. The van der Waals surface area contributed by atoms with Gasteiger partial charge >= 0.3 is 0 Å². The number of hydrogen-bond acceptors (Lipinski definition) is 2. The summed E-state index contributed by atoms with van der Waals surface area (Å²) < 4.78 is 3.14. The number of rotatable bonds is 1. The van der Waals surface area contributed by atoms with Crippen LogP contribution in [0.3, 0.4) is 0 Å². The van der Waals surface area contributed by atoms with E-state index in [1.54, 1.807) is 6.20 Å². The van der Waals surface area contributed by atoms with Gasteiger partial charge in [-0.25, -0.2) is 4.98 Å². The first-order chi connectivity index (χ1) is 8.25. The van der Waals surface area contributed by atoms with E-state index in [1.165, 1.54) is 0 Å². The zero-order chi connectivity index (χ0) is 11.8. The molecule has 0 saturated heterocycles. The third kappa shape index (κ3) is 1.74. The Balaban J connectivity index is 2.28. The Kier molecular flexibility index (Phi) is 2.44. The molecule has 0 atom stereocenters. The Hall–Kier alpha value is -1.68. The number of fused-ring (bicyclic) bond motifs is 1. The van der Waals surface area contributed by atoms with Crippen LogP contribution in [0.2, 0.25) is 0 Å². The second-order valence-electron chi connectivity index (χ2n) is 3.87. The summed E-state index contributed by atoms with van der Waals surface area (Å²) in [6, 6.07) is 10.0. The quantitative estimate of drug-likeness (QED) is 0.687. The predicted molar refractivity (Wildman–Crippen MR) is 71.6 cm³/mol. The summed E-state index contributed by atoms with van der Waals surface area (Å²) in [4.78, 5) is 8.75.